The highest BCUT2D eigenvalue weighted by molar-refractivity contribution is 5.76. The number of hydrogen-bond donors (Lipinski definition) is 2. The van der Waals surface area contributed by atoms with Gasteiger partial charge in [0.15, 0.2) is 0 Å². The van der Waals surface area contributed by atoms with Gasteiger partial charge in [-0.05, 0) is 81.8 Å². The van der Waals surface area contributed by atoms with Crippen LogP contribution in [-0.2, 0) is 11.3 Å². The van der Waals surface area contributed by atoms with Crippen molar-refractivity contribution in [1.82, 2.24) is 15.1 Å². The standard InChI is InChI=1S/C22H28N4O3/c1-11-3-17(12(2)29-11)19-9-18(23)22(28)26(25-19)10-20(27)24-21-15-5-13-4-14(7-15)8-16(21)6-13/h3,9,13-16,21H,4-8,10,23H2,1-2H3,(H,24,27). The first-order valence-corrected chi connectivity index (χ1v) is 10.6. The minimum atomic E-state index is -0.438. The highest BCUT2D eigenvalue weighted by Crippen LogP contribution is 2.53. The number of nitrogens with two attached hydrogens (primary N) is 1. The molecule has 0 radical (unpaired) electrons. The lowest BCUT2D eigenvalue weighted by Crippen LogP contribution is -2.56. The van der Waals surface area contributed by atoms with Gasteiger partial charge in [-0.15, -0.1) is 0 Å². The summed E-state index contributed by atoms with van der Waals surface area (Å²) in [5.41, 5.74) is 6.90. The van der Waals surface area contributed by atoms with Gasteiger partial charge in [0.1, 0.15) is 23.8 Å². The maximum absolute atomic E-state index is 12.8. The van der Waals surface area contributed by atoms with Gasteiger partial charge in [0.25, 0.3) is 5.56 Å². The van der Waals surface area contributed by atoms with Crippen molar-refractivity contribution in [3.63, 3.8) is 0 Å². The number of hydrogen-bond acceptors (Lipinski definition) is 5. The van der Waals surface area contributed by atoms with Crippen molar-refractivity contribution in [2.45, 2.75) is 58.5 Å². The third-order valence-electron chi connectivity index (χ3n) is 7.17. The molecule has 0 saturated heterocycles. The summed E-state index contributed by atoms with van der Waals surface area (Å²) in [5.74, 6) is 4.20. The predicted octanol–water partition coefficient (Wildman–Crippen LogP) is 2.64. The molecule has 3 N–H and O–H groups in total. The van der Waals surface area contributed by atoms with Crippen molar-refractivity contribution < 1.29 is 9.21 Å². The number of furan rings is 1. The monoisotopic (exact) mass is 396 g/mol. The highest BCUT2D eigenvalue weighted by Gasteiger charge is 2.48. The minimum Gasteiger partial charge on any atom is -0.466 e. The Hall–Kier alpha value is -2.57. The van der Waals surface area contributed by atoms with Crippen molar-refractivity contribution in [3.05, 3.63) is 34.0 Å². The second-order valence-electron chi connectivity index (χ2n) is 9.30. The SMILES string of the molecule is Cc1cc(-c2cc(N)c(=O)n(CC(=O)NC3C4CC5CC(C4)CC3C5)n2)c(C)o1. The smallest absolute Gasteiger partial charge is 0.290 e. The Labute approximate surface area is 169 Å². The highest BCUT2D eigenvalue weighted by atomic mass is 16.3. The summed E-state index contributed by atoms with van der Waals surface area (Å²) < 4.78 is 6.75. The van der Waals surface area contributed by atoms with Gasteiger partial charge in [-0.25, -0.2) is 4.68 Å². The van der Waals surface area contributed by atoms with Crippen molar-refractivity contribution in [2.24, 2.45) is 23.7 Å². The molecule has 0 spiro atoms. The first-order chi connectivity index (χ1) is 13.9. The first-order valence-electron chi connectivity index (χ1n) is 10.6. The van der Waals surface area contributed by atoms with E-state index in [0.29, 0.717) is 23.3 Å². The summed E-state index contributed by atoms with van der Waals surface area (Å²) in [6, 6.07) is 3.65. The van der Waals surface area contributed by atoms with Gasteiger partial charge in [0.05, 0.1) is 5.69 Å². The van der Waals surface area contributed by atoms with Crippen LogP contribution in [0.2, 0.25) is 0 Å². The molecule has 4 saturated carbocycles. The van der Waals surface area contributed by atoms with Crippen molar-refractivity contribution >= 4 is 11.6 Å². The number of nitrogens with zero attached hydrogens (tertiary/aromatic N) is 2. The van der Waals surface area contributed by atoms with E-state index in [0.717, 1.165) is 23.2 Å². The van der Waals surface area contributed by atoms with Crippen LogP contribution in [0.4, 0.5) is 5.69 Å². The third kappa shape index (κ3) is 3.26. The number of nitrogen functional groups attached to an aromatic ring is 1. The van der Waals surface area contributed by atoms with Crippen LogP contribution in [0.1, 0.15) is 43.6 Å². The van der Waals surface area contributed by atoms with E-state index in [1.165, 1.54) is 36.8 Å². The van der Waals surface area contributed by atoms with E-state index in [-0.39, 0.29) is 24.2 Å². The van der Waals surface area contributed by atoms with Gasteiger partial charge in [-0.2, -0.15) is 5.10 Å². The number of carbonyl (C=O) groups excluding carboxylic acids is 1. The van der Waals surface area contributed by atoms with E-state index >= 15 is 0 Å². The zero-order chi connectivity index (χ0) is 20.3. The summed E-state index contributed by atoms with van der Waals surface area (Å²) in [4.78, 5) is 25.3. The van der Waals surface area contributed by atoms with Gasteiger partial charge in [-0.3, -0.25) is 9.59 Å². The van der Waals surface area contributed by atoms with E-state index in [2.05, 4.69) is 10.4 Å². The summed E-state index contributed by atoms with van der Waals surface area (Å²) in [6.45, 7) is 3.58. The molecule has 0 unspecified atom stereocenters. The molecule has 4 aliphatic rings. The largest absolute Gasteiger partial charge is 0.466 e. The zero-order valence-corrected chi connectivity index (χ0v) is 17.0. The molecule has 6 rings (SSSR count). The van der Waals surface area contributed by atoms with E-state index in [1.807, 2.05) is 19.9 Å². The fraction of sp³-hybridized carbons (Fsp3) is 0.591. The number of rotatable bonds is 4. The van der Waals surface area contributed by atoms with Crippen LogP contribution in [0, 0.1) is 37.5 Å². The van der Waals surface area contributed by atoms with Crippen molar-refractivity contribution in [1.29, 1.82) is 0 Å². The number of amides is 1. The molecule has 7 nitrogen and oxygen atoms in total. The van der Waals surface area contributed by atoms with Gasteiger partial charge in [-0.1, -0.05) is 0 Å². The number of anilines is 1. The maximum Gasteiger partial charge on any atom is 0.290 e. The molecule has 4 bridgehead atoms. The minimum absolute atomic E-state index is 0.0793. The second kappa shape index (κ2) is 6.75. The topological polar surface area (TPSA) is 103 Å². The zero-order valence-electron chi connectivity index (χ0n) is 17.0. The number of nitrogens with one attached hydrogen (secondary N) is 1. The molecule has 4 fully saturated rings. The van der Waals surface area contributed by atoms with E-state index in [9.17, 15) is 9.59 Å². The fourth-order valence-corrected chi connectivity index (χ4v) is 6.21. The fourth-order valence-electron chi connectivity index (χ4n) is 6.21. The average molecular weight is 396 g/mol. The molecule has 154 valence electrons. The van der Waals surface area contributed by atoms with E-state index in [4.69, 9.17) is 10.2 Å². The predicted molar refractivity (Wildman–Crippen MR) is 109 cm³/mol. The second-order valence-corrected chi connectivity index (χ2v) is 9.30. The average Bonchev–Trinajstić information content (AvgIpc) is 2.99. The van der Waals surface area contributed by atoms with Crippen LogP contribution in [0.5, 0.6) is 0 Å². The number of carbonyl (C=O) groups is 1. The van der Waals surface area contributed by atoms with Gasteiger partial charge < -0.3 is 15.5 Å². The molecule has 2 heterocycles. The summed E-state index contributed by atoms with van der Waals surface area (Å²) in [7, 11) is 0. The van der Waals surface area contributed by atoms with E-state index in [1.54, 1.807) is 6.07 Å². The number of aromatic nitrogens is 2. The quantitative estimate of drug-likeness (QED) is 0.827. The lowest BCUT2D eigenvalue weighted by Gasteiger charge is -2.54. The summed E-state index contributed by atoms with van der Waals surface area (Å²) in [5, 5.41) is 7.64. The Kier molecular flexibility index (Phi) is 4.29. The molecule has 1 amide bonds. The molecule has 29 heavy (non-hydrogen) atoms. The lowest BCUT2D eigenvalue weighted by atomic mass is 9.54. The molecular weight excluding hydrogens is 368 g/mol. The molecule has 0 aliphatic heterocycles. The molecular formula is C22H28N4O3. The number of aryl methyl sites for hydroxylation is 2. The van der Waals surface area contributed by atoms with Crippen molar-refractivity contribution in [3.8, 4) is 11.3 Å². The molecule has 0 aromatic carbocycles. The lowest BCUT2D eigenvalue weighted by molar-refractivity contribution is -0.125. The summed E-state index contributed by atoms with van der Waals surface area (Å²) >= 11 is 0. The Morgan fingerprint density at radius 1 is 1.17 bits per heavy atom. The van der Waals surface area contributed by atoms with Crippen LogP contribution in [0.25, 0.3) is 11.3 Å². The normalized spacial score (nSPS) is 29.9. The molecule has 2 aromatic heterocycles. The van der Waals surface area contributed by atoms with Crippen LogP contribution in [-0.4, -0.2) is 21.7 Å². The van der Waals surface area contributed by atoms with E-state index < -0.39 is 5.56 Å². The molecule has 7 heteroatoms. The van der Waals surface area contributed by atoms with Crippen molar-refractivity contribution in [2.75, 3.05) is 5.73 Å². The van der Waals surface area contributed by atoms with Crippen LogP contribution < -0.4 is 16.6 Å². The van der Waals surface area contributed by atoms with Crippen LogP contribution in [0.15, 0.2) is 21.3 Å². The summed E-state index contributed by atoms with van der Waals surface area (Å²) in [6.07, 6.45) is 6.32. The van der Waals surface area contributed by atoms with Crippen LogP contribution in [0.3, 0.4) is 0 Å². The van der Waals surface area contributed by atoms with Gasteiger partial charge in [0.2, 0.25) is 5.91 Å². The Bertz CT molecular complexity index is 994. The Balaban J connectivity index is 1.35. The Morgan fingerprint density at radius 3 is 2.41 bits per heavy atom. The third-order valence-corrected chi connectivity index (χ3v) is 7.17. The first kappa shape index (κ1) is 18.5. The molecule has 4 aliphatic carbocycles. The van der Waals surface area contributed by atoms with Gasteiger partial charge >= 0.3 is 0 Å². The molecule has 0 atom stereocenters. The maximum atomic E-state index is 12.8. The van der Waals surface area contributed by atoms with Crippen LogP contribution >= 0.6 is 0 Å². The van der Waals surface area contributed by atoms with Gasteiger partial charge in [0, 0.05) is 11.6 Å². The Morgan fingerprint density at radius 2 is 1.83 bits per heavy atom. The molecule has 2 aromatic rings.